The second-order valence-electron chi connectivity index (χ2n) is 5.73. The topological polar surface area (TPSA) is 30.5 Å². The highest BCUT2D eigenvalue weighted by Gasteiger charge is 2.30. The molecule has 1 fully saturated rings. The summed E-state index contributed by atoms with van der Waals surface area (Å²) in [5.74, 6) is 1.59. The molecule has 20 heavy (non-hydrogen) atoms. The van der Waals surface area contributed by atoms with E-state index in [0.717, 1.165) is 28.9 Å². The van der Waals surface area contributed by atoms with Gasteiger partial charge < -0.3 is 14.8 Å². The second-order valence-corrected chi connectivity index (χ2v) is 6.58. The average Bonchev–Trinajstić information content (AvgIpc) is 2.41. The maximum Gasteiger partial charge on any atom is 0.175 e. The van der Waals surface area contributed by atoms with E-state index in [1.54, 1.807) is 7.11 Å². The summed E-state index contributed by atoms with van der Waals surface area (Å²) in [6, 6.07) is 4.17. The molecule has 0 radical (unpaired) electrons. The van der Waals surface area contributed by atoms with Crippen LogP contribution in [0.5, 0.6) is 11.5 Å². The van der Waals surface area contributed by atoms with Gasteiger partial charge in [0.15, 0.2) is 11.5 Å². The van der Waals surface area contributed by atoms with Gasteiger partial charge in [0.1, 0.15) is 0 Å². The van der Waals surface area contributed by atoms with E-state index in [2.05, 4.69) is 47.2 Å². The van der Waals surface area contributed by atoms with E-state index >= 15 is 0 Å². The standard InChI is InChI=1S/C16H24BrNO2/c1-4-8-20-15-13(17)9-12(10-14(15)19-3)11-18-16(2)6-5-7-16/h9-10,18H,4-8,11H2,1-3H3. The van der Waals surface area contributed by atoms with Crippen molar-refractivity contribution in [2.45, 2.75) is 51.6 Å². The molecule has 0 aliphatic heterocycles. The molecule has 0 saturated heterocycles. The van der Waals surface area contributed by atoms with Crippen molar-refractivity contribution in [2.75, 3.05) is 13.7 Å². The number of methoxy groups -OCH3 is 1. The molecular weight excluding hydrogens is 318 g/mol. The van der Waals surface area contributed by atoms with E-state index in [1.165, 1.54) is 24.8 Å². The first-order valence-corrected chi connectivity index (χ1v) is 8.11. The van der Waals surface area contributed by atoms with Crippen LogP contribution < -0.4 is 14.8 Å². The van der Waals surface area contributed by atoms with Crippen LogP contribution in [0.1, 0.15) is 45.1 Å². The smallest absolute Gasteiger partial charge is 0.175 e. The van der Waals surface area contributed by atoms with Crippen LogP contribution in [0.25, 0.3) is 0 Å². The van der Waals surface area contributed by atoms with Gasteiger partial charge in [-0.15, -0.1) is 0 Å². The molecule has 2 rings (SSSR count). The Kier molecular flexibility index (Phi) is 5.33. The van der Waals surface area contributed by atoms with Crippen molar-refractivity contribution >= 4 is 15.9 Å². The fourth-order valence-corrected chi connectivity index (χ4v) is 3.02. The molecule has 1 N–H and O–H groups in total. The predicted molar refractivity (Wildman–Crippen MR) is 85.6 cm³/mol. The minimum absolute atomic E-state index is 0.317. The maximum atomic E-state index is 5.75. The van der Waals surface area contributed by atoms with Gasteiger partial charge in [-0.25, -0.2) is 0 Å². The second kappa shape index (κ2) is 6.81. The lowest BCUT2D eigenvalue weighted by Gasteiger charge is -2.39. The molecule has 0 spiro atoms. The number of halogens is 1. The largest absolute Gasteiger partial charge is 0.493 e. The van der Waals surface area contributed by atoms with Gasteiger partial charge in [-0.05, 0) is 66.2 Å². The van der Waals surface area contributed by atoms with Crippen LogP contribution in [0.4, 0.5) is 0 Å². The van der Waals surface area contributed by atoms with E-state index in [-0.39, 0.29) is 0 Å². The molecule has 3 nitrogen and oxygen atoms in total. The summed E-state index contributed by atoms with van der Waals surface area (Å²) in [5, 5.41) is 3.64. The first kappa shape index (κ1) is 15.6. The van der Waals surface area contributed by atoms with Crippen molar-refractivity contribution in [3.63, 3.8) is 0 Å². The normalized spacial score (nSPS) is 16.6. The number of hydrogen-bond donors (Lipinski definition) is 1. The van der Waals surface area contributed by atoms with E-state index in [9.17, 15) is 0 Å². The van der Waals surface area contributed by atoms with E-state index in [1.807, 2.05) is 0 Å². The Balaban J connectivity index is 2.08. The van der Waals surface area contributed by atoms with E-state index < -0.39 is 0 Å². The Bertz CT molecular complexity index is 458. The molecule has 1 saturated carbocycles. The lowest BCUT2D eigenvalue weighted by atomic mass is 9.78. The number of hydrogen-bond acceptors (Lipinski definition) is 3. The third kappa shape index (κ3) is 3.67. The van der Waals surface area contributed by atoms with Gasteiger partial charge in [-0.3, -0.25) is 0 Å². The summed E-state index contributed by atoms with van der Waals surface area (Å²) >= 11 is 3.59. The predicted octanol–water partition coefficient (Wildman–Crippen LogP) is 4.28. The molecule has 1 aliphatic rings. The SMILES string of the molecule is CCCOc1c(Br)cc(CNC2(C)CCC2)cc1OC. The minimum Gasteiger partial charge on any atom is -0.493 e. The molecule has 0 aromatic heterocycles. The molecule has 0 atom stereocenters. The molecule has 4 heteroatoms. The maximum absolute atomic E-state index is 5.75. The van der Waals surface area contributed by atoms with Gasteiger partial charge in [0, 0.05) is 12.1 Å². The first-order valence-electron chi connectivity index (χ1n) is 7.32. The van der Waals surface area contributed by atoms with Crippen LogP contribution in [0.3, 0.4) is 0 Å². The highest BCUT2D eigenvalue weighted by Crippen LogP contribution is 2.37. The zero-order valence-corrected chi connectivity index (χ0v) is 14.2. The fraction of sp³-hybridized carbons (Fsp3) is 0.625. The monoisotopic (exact) mass is 341 g/mol. The third-order valence-electron chi connectivity index (χ3n) is 3.92. The first-order chi connectivity index (χ1) is 9.58. The van der Waals surface area contributed by atoms with Gasteiger partial charge in [-0.2, -0.15) is 0 Å². The lowest BCUT2D eigenvalue weighted by Crippen LogP contribution is -2.47. The average molecular weight is 342 g/mol. The minimum atomic E-state index is 0.317. The van der Waals surface area contributed by atoms with Crippen LogP contribution in [-0.2, 0) is 6.54 Å². The van der Waals surface area contributed by atoms with Crippen LogP contribution in [0, 0.1) is 0 Å². The molecule has 0 unspecified atom stereocenters. The number of ether oxygens (including phenoxy) is 2. The van der Waals surface area contributed by atoms with Crippen LogP contribution >= 0.6 is 15.9 Å². The van der Waals surface area contributed by atoms with Crippen LogP contribution in [0.15, 0.2) is 16.6 Å². The van der Waals surface area contributed by atoms with Crippen molar-refractivity contribution in [1.29, 1.82) is 0 Å². The summed E-state index contributed by atoms with van der Waals surface area (Å²) in [5.41, 5.74) is 1.53. The van der Waals surface area contributed by atoms with E-state index in [4.69, 9.17) is 9.47 Å². The lowest BCUT2D eigenvalue weighted by molar-refractivity contribution is 0.206. The summed E-state index contributed by atoms with van der Waals surface area (Å²) in [7, 11) is 1.69. The van der Waals surface area contributed by atoms with Gasteiger partial charge in [0.2, 0.25) is 0 Å². The quantitative estimate of drug-likeness (QED) is 0.802. The molecule has 0 amide bonds. The molecule has 0 bridgehead atoms. The van der Waals surface area contributed by atoms with Gasteiger partial charge in [0.25, 0.3) is 0 Å². The fourth-order valence-electron chi connectivity index (χ4n) is 2.42. The van der Waals surface area contributed by atoms with Crippen molar-refractivity contribution in [1.82, 2.24) is 5.32 Å². The number of rotatable bonds is 7. The molecule has 1 aliphatic carbocycles. The van der Waals surface area contributed by atoms with Gasteiger partial charge in [-0.1, -0.05) is 6.92 Å². The van der Waals surface area contributed by atoms with Crippen LogP contribution in [0.2, 0.25) is 0 Å². The Labute approximate surface area is 130 Å². The Morgan fingerprint density at radius 2 is 2.10 bits per heavy atom. The molecule has 112 valence electrons. The molecule has 0 heterocycles. The van der Waals surface area contributed by atoms with Crippen molar-refractivity contribution in [3.8, 4) is 11.5 Å². The van der Waals surface area contributed by atoms with Crippen molar-refractivity contribution in [3.05, 3.63) is 22.2 Å². The Morgan fingerprint density at radius 1 is 1.35 bits per heavy atom. The Morgan fingerprint density at radius 3 is 2.65 bits per heavy atom. The summed E-state index contributed by atoms with van der Waals surface area (Å²) in [6.07, 6.45) is 4.85. The summed E-state index contributed by atoms with van der Waals surface area (Å²) in [4.78, 5) is 0. The van der Waals surface area contributed by atoms with Gasteiger partial charge in [0.05, 0.1) is 18.2 Å². The summed E-state index contributed by atoms with van der Waals surface area (Å²) < 4.78 is 12.2. The van der Waals surface area contributed by atoms with Crippen LogP contribution in [-0.4, -0.2) is 19.3 Å². The molecule has 1 aromatic carbocycles. The van der Waals surface area contributed by atoms with Crippen molar-refractivity contribution in [2.24, 2.45) is 0 Å². The highest BCUT2D eigenvalue weighted by atomic mass is 79.9. The van der Waals surface area contributed by atoms with Gasteiger partial charge >= 0.3 is 0 Å². The number of nitrogens with one attached hydrogen (secondary N) is 1. The highest BCUT2D eigenvalue weighted by molar-refractivity contribution is 9.10. The summed E-state index contributed by atoms with van der Waals surface area (Å²) in [6.45, 7) is 5.95. The Hall–Kier alpha value is -0.740. The molecule has 1 aromatic rings. The van der Waals surface area contributed by atoms with Crippen molar-refractivity contribution < 1.29 is 9.47 Å². The van der Waals surface area contributed by atoms with E-state index in [0.29, 0.717) is 12.1 Å². The third-order valence-corrected chi connectivity index (χ3v) is 4.51. The zero-order chi connectivity index (χ0) is 14.6. The molecular formula is C16H24BrNO2. The number of benzene rings is 1. The zero-order valence-electron chi connectivity index (χ0n) is 12.6.